The van der Waals surface area contributed by atoms with Gasteiger partial charge in [-0.05, 0) is 80.8 Å². The molecular formula is C18H26N4OS. The molecule has 1 aromatic rings. The SMILES string of the molecule is CN1CCC1CNSNC(=O)Nc1c2c(cc3c1CCC3)CCC2. The van der Waals surface area contributed by atoms with E-state index in [9.17, 15) is 4.79 Å². The molecule has 0 spiro atoms. The van der Waals surface area contributed by atoms with E-state index in [0.29, 0.717) is 6.04 Å². The molecule has 2 aliphatic carbocycles. The van der Waals surface area contributed by atoms with E-state index in [-0.39, 0.29) is 6.03 Å². The molecule has 5 nitrogen and oxygen atoms in total. The third-order valence-corrected chi connectivity index (χ3v) is 6.28. The summed E-state index contributed by atoms with van der Waals surface area (Å²) in [6.07, 6.45) is 8.15. The van der Waals surface area contributed by atoms with Crippen LogP contribution in [0.3, 0.4) is 0 Å². The van der Waals surface area contributed by atoms with Crippen molar-refractivity contribution < 1.29 is 4.79 Å². The van der Waals surface area contributed by atoms with Crippen LogP contribution in [0.2, 0.25) is 0 Å². The number of carbonyl (C=O) groups excluding carboxylic acids is 1. The van der Waals surface area contributed by atoms with Gasteiger partial charge in [-0.15, -0.1) is 0 Å². The van der Waals surface area contributed by atoms with Crippen LogP contribution in [0, 0.1) is 0 Å². The zero-order valence-electron chi connectivity index (χ0n) is 14.3. The average molecular weight is 347 g/mol. The highest BCUT2D eigenvalue weighted by atomic mass is 32.2. The number of amides is 2. The van der Waals surface area contributed by atoms with Crippen LogP contribution < -0.4 is 14.8 Å². The summed E-state index contributed by atoms with van der Waals surface area (Å²) in [5.74, 6) is 0. The van der Waals surface area contributed by atoms with Gasteiger partial charge >= 0.3 is 6.03 Å². The Balaban J connectivity index is 1.34. The van der Waals surface area contributed by atoms with E-state index in [1.165, 1.54) is 60.2 Å². The number of rotatable bonds is 5. The Bertz CT molecular complexity index is 616. The van der Waals surface area contributed by atoms with Crippen LogP contribution in [-0.2, 0) is 25.7 Å². The standard InChI is InChI=1S/C18H26N4OS/c1-22-9-8-14(22)11-19-24-21-18(23)20-17-15-6-2-4-12(15)10-13-5-3-7-16(13)17/h10,14,19H,2-9,11H2,1H3,(H2,20,21,23). The molecule has 3 N–H and O–H groups in total. The van der Waals surface area contributed by atoms with Crippen molar-refractivity contribution >= 4 is 23.9 Å². The molecule has 1 aliphatic heterocycles. The van der Waals surface area contributed by atoms with Gasteiger partial charge in [-0.1, -0.05) is 6.07 Å². The molecule has 1 atom stereocenters. The maximum atomic E-state index is 12.3. The average Bonchev–Trinajstić information content (AvgIpc) is 3.21. The number of hydrogen-bond donors (Lipinski definition) is 3. The Morgan fingerprint density at radius 3 is 2.50 bits per heavy atom. The van der Waals surface area contributed by atoms with E-state index >= 15 is 0 Å². The van der Waals surface area contributed by atoms with Gasteiger partial charge in [-0.25, -0.2) is 9.52 Å². The molecule has 1 saturated heterocycles. The van der Waals surface area contributed by atoms with E-state index in [1.54, 1.807) is 0 Å². The minimum absolute atomic E-state index is 0.121. The Hall–Kier alpha value is -1.24. The van der Waals surface area contributed by atoms with Crippen LogP contribution in [0.25, 0.3) is 0 Å². The molecule has 1 aromatic carbocycles. The minimum atomic E-state index is -0.121. The number of likely N-dealkylation sites (N-methyl/N-ethyl adjacent to an activating group) is 1. The predicted octanol–water partition coefficient (Wildman–Crippen LogP) is 2.64. The molecule has 24 heavy (non-hydrogen) atoms. The second-order valence-electron chi connectivity index (χ2n) is 7.16. The predicted molar refractivity (Wildman–Crippen MR) is 99.3 cm³/mol. The number of anilines is 1. The van der Waals surface area contributed by atoms with Crippen molar-refractivity contribution in [3.05, 3.63) is 28.3 Å². The second kappa shape index (κ2) is 6.94. The molecule has 6 heteroatoms. The van der Waals surface area contributed by atoms with Gasteiger partial charge in [0.1, 0.15) is 0 Å². The maximum Gasteiger partial charge on any atom is 0.330 e. The first-order chi connectivity index (χ1) is 11.7. The molecule has 1 unspecified atom stereocenters. The molecule has 4 rings (SSSR count). The van der Waals surface area contributed by atoms with Gasteiger partial charge in [0.15, 0.2) is 0 Å². The lowest BCUT2D eigenvalue weighted by Gasteiger charge is -2.37. The lowest BCUT2D eigenvalue weighted by atomic mass is 9.99. The summed E-state index contributed by atoms with van der Waals surface area (Å²) < 4.78 is 6.11. The molecule has 0 saturated carbocycles. The van der Waals surface area contributed by atoms with Gasteiger partial charge in [0.25, 0.3) is 0 Å². The third kappa shape index (κ3) is 3.15. The van der Waals surface area contributed by atoms with Gasteiger partial charge in [0, 0.05) is 30.4 Å². The molecule has 1 heterocycles. The van der Waals surface area contributed by atoms with Crippen LogP contribution in [0.4, 0.5) is 10.5 Å². The highest BCUT2D eigenvalue weighted by Gasteiger charge is 2.25. The molecule has 0 aromatic heterocycles. The molecule has 0 bridgehead atoms. The fourth-order valence-corrected chi connectivity index (χ4v) is 4.65. The van der Waals surface area contributed by atoms with E-state index in [0.717, 1.165) is 37.9 Å². The molecule has 1 fully saturated rings. The zero-order chi connectivity index (χ0) is 16.5. The molecule has 2 amide bonds. The fraction of sp³-hybridized carbons (Fsp3) is 0.611. The van der Waals surface area contributed by atoms with Crippen molar-refractivity contribution in [3.63, 3.8) is 0 Å². The van der Waals surface area contributed by atoms with Crippen LogP contribution in [-0.4, -0.2) is 37.1 Å². The number of likely N-dealkylation sites (tertiary alicyclic amines) is 1. The quantitative estimate of drug-likeness (QED) is 0.567. The van der Waals surface area contributed by atoms with Crippen LogP contribution >= 0.6 is 12.1 Å². The van der Waals surface area contributed by atoms with Gasteiger partial charge in [-0.3, -0.25) is 4.72 Å². The van der Waals surface area contributed by atoms with E-state index in [4.69, 9.17) is 0 Å². The maximum absolute atomic E-state index is 12.3. The number of hydrogen-bond acceptors (Lipinski definition) is 4. The van der Waals surface area contributed by atoms with Crippen molar-refractivity contribution in [1.29, 1.82) is 0 Å². The number of nitrogens with zero attached hydrogens (tertiary/aromatic N) is 1. The topological polar surface area (TPSA) is 56.4 Å². The Morgan fingerprint density at radius 2 is 1.92 bits per heavy atom. The van der Waals surface area contributed by atoms with Crippen molar-refractivity contribution in [3.8, 4) is 0 Å². The number of aryl methyl sites for hydroxylation is 2. The summed E-state index contributed by atoms with van der Waals surface area (Å²) in [4.78, 5) is 14.6. The van der Waals surface area contributed by atoms with Gasteiger partial charge in [0.05, 0.1) is 0 Å². The van der Waals surface area contributed by atoms with Crippen LogP contribution in [0.15, 0.2) is 6.07 Å². The van der Waals surface area contributed by atoms with Gasteiger partial charge in [-0.2, -0.15) is 0 Å². The number of urea groups is 1. The highest BCUT2D eigenvalue weighted by molar-refractivity contribution is 7.96. The normalized spacial score (nSPS) is 22.0. The lowest BCUT2D eigenvalue weighted by Crippen LogP contribution is -2.49. The second-order valence-corrected chi connectivity index (χ2v) is 7.86. The Kier molecular flexibility index (Phi) is 4.70. The Labute approximate surface area is 148 Å². The third-order valence-electron chi connectivity index (χ3n) is 5.68. The first-order valence-corrected chi connectivity index (χ1v) is 9.86. The monoisotopic (exact) mass is 346 g/mol. The summed E-state index contributed by atoms with van der Waals surface area (Å²) in [5.41, 5.74) is 6.75. The summed E-state index contributed by atoms with van der Waals surface area (Å²) >= 11 is 1.29. The van der Waals surface area contributed by atoms with E-state index < -0.39 is 0 Å². The smallest absolute Gasteiger partial charge is 0.307 e. The molecule has 130 valence electrons. The first-order valence-electron chi connectivity index (χ1n) is 9.05. The molecular weight excluding hydrogens is 320 g/mol. The first kappa shape index (κ1) is 16.2. The zero-order valence-corrected chi connectivity index (χ0v) is 15.1. The fourth-order valence-electron chi connectivity index (χ4n) is 4.15. The van der Waals surface area contributed by atoms with Crippen molar-refractivity contribution in [2.24, 2.45) is 0 Å². The minimum Gasteiger partial charge on any atom is -0.307 e. The summed E-state index contributed by atoms with van der Waals surface area (Å²) in [6.45, 7) is 2.08. The molecule has 3 aliphatic rings. The van der Waals surface area contributed by atoms with Crippen molar-refractivity contribution in [1.82, 2.24) is 14.3 Å². The van der Waals surface area contributed by atoms with Crippen molar-refractivity contribution in [2.75, 3.05) is 25.5 Å². The number of benzene rings is 1. The number of fused-ring (bicyclic) bond motifs is 2. The van der Waals surface area contributed by atoms with Crippen LogP contribution in [0.1, 0.15) is 41.5 Å². The Morgan fingerprint density at radius 1 is 1.21 bits per heavy atom. The summed E-state index contributed by atoms with van der Waals surface area (Å²) in [6, 6.07) is 2.87. The lowest BCUT2D eigenvalue weighted by molar-refractivity contribution is 0.131. The van der Waals surface area contributed by atoms with Gasteiger partial charge < -0.3 is 10.2 Å². The largest absolute Gasteiger partial charge is 0.330 e. The van der Waals surface area contributed by atoms with Crippen molar-refractivity contribution in [2.45, 2.75) is 51.0 Å². The molecule has 0 radical (unpaired) electrons. The van der Waals surface area contributed by atoms with Crippen LogP contribution in [0.5, 0.6) is 0 Å². The summed E-state index contributed by atoms with van der Waals surface area (Å²) in [5, 5.41) is 3.15. The number of carbonyl (C=O) groups is 1. The van der Waals surface area contributed by atoms with Gasteiger partial charge in [0.2, 0.25) is 0 Å². The highest BCUT2D eigenvalue weighted by Crippen LogP contribution is 2.38. The van der Waals surface area contributed by atoms with E-state index in [2.05, 4.69) is 32.8 Å². The van der Waals surface area contributed by atoms with E-state index in [1.807, 2.05) is 0 Å². The number of nitrogens with one attached hydrogen (secondary N) is 3. The summed E-state index contributed by atoms with van der Waals surface area (Å²) in [7, 11) is 2.14.